The minimum absolute atomic E-state index is 0.0387. The van der Waals surface area contributed by atoms with Gasteiger partial charge in [0.25, 0.3) is 0 Å². The molecule has 10 heteroatoms. The first-order valence-corrected chi connectivity index (χ1v) is 12.4. The fraction of sp³-hybridized carbons (Fsp3) is 0.464. The second kappa shape index (κ2) is 11.9. The number of Topliss-reactive ketones (excluding diaryl/α,β-unsaturated/α-hetero) is 1. The molecule has 0 saturated carbocycles. The number of hydrogen-bond donors (Lipinski definition) is 1. The summed E-state index contributed by atoms with van der Waals surface area (Å²) >= 11 is 0. The van der Waals surface area contributed by atoms with Gasteiger partial charge < -0.3 is 19.5 Å². The van der Waals surface area contributed by atoms with Crippen LogP contribution in [0.3, 0.4) is 0 Å². The molecule has 2 aromatic heterocycles. The number of rotatable bonds is 10. The highest BCUT2D eigenvalue weighted by Crippen LogP contribution is 2.26. The summed E-state index contributed by atoms with van der Waals surface area (Å²) in [7, 11) is 0. The number of nitrogens with one attached hydrogen (secondary N) is 1. The predicted octanol–water partition coefficient (Wildman–Crippen LogP) is 5.56. The van der Waals surface area contributed by atoms with Crippen LogP contribution in [0.15, 0.2) is 30.5 Å². The van der Waals surface area contributed by atoms with Crippen molar-refractivity contribution in [1.29, 1.82) is 0 Å². The van der Waals surface area contributed by atoms with Crippen LogP contribution in [0.4, 0.5) is 13.6 Å². The number of fused-ring (bicyclic) bond motifs is 1. The number of aromatic nitrogens is 2. The number of pyridine rings is 1. The first-order valence-electron chi connectivity index (χ1n) is 12.4. The molecule has 1 atom stereocenters. The van der Waals surface area contributed by atoms with Crippen molar-refractivity contribution >= 4 is 17.5 Å². The molecule has 1 unspecified atom stereocenters. The molecule has 0 spiro atoms. The van der Waals surface area contributed by atoms with Crippen LogP contribution < -0.4 is 10.1 Å². The Labute approximate surface area is 221 Å². The molecule has 8 nitrogen and oxygen atoms in total. The highest BCUT2D eigenvalue weighted by molar-refractivity contribution is 5.97. The molecule has 3 rings (SSSR count). The summed E-state index contributed by atoms with van der Waals surface area (Å²) in [6.45, 7) is 12.2. The van der Waals surface area contributed by atoms with Gasteiger partial charge in [-0.25, -0.2) is 18.6 Å². The lowest BCUT2D eigenvalue weighted by atomic mass is 10.1. The van der Waals surface area contributed by atoms with Gasteiger partial charge in [0.05, 0.1) is 23.9 Å². The van der Waals surface area contributed by atoms with Crippen LogP contribution in [0, 0.1) is 31.4 Å². The van der Waals surface area contributed by atoms with Crippen LogP contribution in [0.25, 0.3) is 5.65 Å². The zero-order chi connectivity index (χ0) is 28.2. The first-order chi connectivity index (χ1) is 17.8. The summed E-state index contributed by atoms with van der Waals surface area (Å²) in [5.41, 5.74) is 1.05. The van der Waals surface area contributed by atoms with Crippen molar-refractivity contribution in [3.8, 4) is 5.75 Å². The molecule has 0 aliphatic rings. The monoisotopic (exact) mass is 531 g/mol. The van der Waals surface area contributed by atoms with E-state index in [9.17, 15) is 18.4 Å². The molecular weight excluding hydrogens is 496 g/mol. The van der Waals surface area contributed by atoms with Crippen molar-refractivity contribution in [3.05, 3.63) is 64.6 Å². The number of halogens is 2. The summed E-state index contributed by atoms with van der Waals surface area (Å²) in [6.07, 6.45) is 1.18. The number of aryl methyl sites for hydroxylation is 2. The Morgan fingerprint density at radius 3 is 2.39 bits per heavy atom. The van der Waals surface area contributed by atoms with Crippen LogP contribution in [-0.4, -0.2) is 46.1 Å². The summed E-state index contributed by atoms with van der Waals surface area (Å²) in [4.78, 5) is 29.8. The van der Waals surface area contributed by atoms with Crippen LogP contribution in [0.5, 0.6) is 5.75 Å². The van der Waals surface area contributed by atoms with E-state index in [0.29, 0.717) is 17.0 Å². The number of ketones is 1. The van der Waals surface area contributed by atoms with Crippen molar-refractivity contribution in [2.75, 3.05) is 13.2 Å². The molecule has 0 saturated heterocycles. The zero-order valence-electron chi connectivity index (χ0n) is 22.9. The standard InChI is InChI=1S/C28H35F2N3O5/c1-16(2)22(32-27(35)38-28(5,6)7)14-36-15-23(34)25-18(4)31-26-24(11-17(3)12-33(25)26)37-13-19-20(29)9-8-10-21(19)30/h8-12,16,22H,13-15H2,1-7H3,(H,32,35). The maximum absolute atomic E-state index is 14.1. The summed E-state index contributed by atoms with van der Waals surface area (Å²) in [6, 6.07) is 4.95. The fourth-order valence-corrected chi connectivity index (χ4v) is 3.83. The Morgan fingerprint density at radius 2 is 1.79 bits per heavy atom. The first kappa shape index (κ1) is 29.0. The molecule has 3 aromatic rings. The number of alkyl carbamates (subject to hydrolysis) is 1. The van der Waals surface area contributed by atoms with Gasteiger partial charge in [0.2, 0.25) is 5.78 Å². The van der Waals surface area contributed by atoms with Gasteiger partial charge in [-0.05, 0) is 64.3 Å². The third kappa shape index (κ3) is 7.28. The SMILES string of the molecule is Cc1cc(OCc2c(F)cccc2F)c2nc(C)c(C(=O)COCC(NC(=O)OC(C)(C)C)C(C)C)n2c1. The zero-order valence-corrected chi connectivity index (χ0v) is 22.9. The molecule has 0 bridgehead atoms. The molecule has 1 aromatic carbocycles. The van der Waals surface area contributed by atoms with E-state index in [2.05, 4.69) is 10.3 Å². The number of ether oxygens (including phenoxy) is 3. The smallest absolute Gasteiger partial charge is 0.407 e. The quantitative estimate of drug-likeness (QED) is 0.345. The molecule has 0 fully saturated rings. The minimum atomic E-state index is -0.706. The van der Waals surface area contributed by atoms with Gasteiger partial charge in [-0.1, -0.05) is 19.9 Å². The van der Waals surface area contributed by atoms with Crippen molar-refractivity contribution in [3.63, 3.8) is 0 Å². The van der Waals surface area contributed by atoms with Crippen LogP contribution >= 0.6 is 0 Å². The number of carbonyl (C=O) groups is 2. The fourth-order valence-electron chi connectivity index (χ4n) is 3.83. The van der Waals surface area contributed by atoms with Crippen molar-refractivity contribution in [1.82, 2.24) is 14.7 Å². The molecule has 0 aliphatic heterocycles. The lowest BCUT2D eigenvalue weighted by Crippen LogP contribution is -2.44. The lowest BCUT2D eigenvalue weighted by molar-refractivity contribution is 0.0403. The number of benzene rings is 1. The van der Waals surface area contributed by atoms with Crippen molar-refractivity contribution < 1.29 is 32.6 Å². The maximum Gasteiger partial charge on any atom is 0.407 e. The Balaban J connectivity index is 1.73. The molecule has 38 heavy (non-hydrogen) atoms. The summed E-state index contributed by atoms with van der Waals surface area (Å²) in [5, 5.41) is 2.79. The molecule has 0 radical (unpaired) electrons. The Bertz CT molecular complexity index is 1290. The van der Waals surface area contributed by atoms with Gasteiger partial charge in [0, 0.05) is 6.20 Å². The number of imidazole rings is 1. The lowest BCUT2D eigenvalue weighted by Gasteiger charge is -2.25. The third-order valence-corrected chi connectivity index (χ3v) is 5.73. The van der Waals surface area contributed by atoms with Crippen molar-refractivity contribution in [2.24, 2.45) is 5.92 Å². The van der Waals surface area contributed by atoms with Crippen LogP contribution in [0.1, 0.15) is 61.9 Å². The third-order valence-electron chi connectivity index (χ3n) is 5.73. The van der Waals surface area contributed by atoms with Gasteiger partial charge >= 0.3 is 6.09 Å². The van der Waals surface area contributed by atoms with E-state index in [-0.39, 0.29) is 48.9 Å². The minimum Gasteiger partial charge on any atom is -0.485 e. The highest BCUT2D eigenvalue weighted by atomic mass is 19.1. The van der Waals surface area contributed by atoms with Crippen LogP contribution in [-0.2, 0) is 16.1 Å². The predicted molar refractivity (Wildman–Crippen MR) is 139 cm³/mol. The molecule has 0 aliphatic carbocycles. The Kier molecular flexibility index (Phi) is 9.09. The summed E-state index contributed by atoms with van der Waals surface area (Å²) in [5.74, 6) is -1.40. The second-order valence-electron chi connectivity index (χ2n) is 10.5. The molecule has 206 valence electrons. The van der Waals surface area contributed by atoms with Crippen LogP contribution in [0.2, 0.25) is 0 Å². The average Bonchev–Trinajstić information content (AvgIpc) is 3.12. The molecule has 1 amide bonds. The van der Waals surface area contributed by atoms with E-state index < -0.39 is 23.3 Å². The Hall–Kier alpha value is -3.53. The number of hydrogen-bond acceptors (Lipinski definition) is 6. The maximum atomic E-state index is 14.1. The molecular formula is C28H35F2N3O5. The molecule has 2 heterocycles. The Morgan fingerprint density at radius 1 is 1.13 bits per heavy atom. The van der Waals surface area contributed by atoms with Gasteiger partial charge in [-0.3, -0.25) is 9.20 Å². The largest absolute Gasteiger partial charge is 0.485 e. The van der Waals surface area contributed by atoms with E-state index in [1.807, 2.05) is 20.8 Å². The molecule has 1 N–H and O–H groups in total. The van der Waals surface area contributed by atoms with Gasteiger partial charge in [-0.15, -0.1) is 0 Å². The number of amides is 1. The van der Waals surface area contributed by atoms with Gasteiger partial charge in [-0.2, -0.15) is 0 Å². The van der Waals surface area contributed by atoms with Gasteiger partial charge in [0.1, 0.15) is 36.1 Å². The second-order valence-corrected chi connectivity index (χ2v) is 10.5. The van der Waals surface area contributed by atoms with E-state index in [0.717, 1.165) is 17.7 Å². The van der Waals surface area contributed by atoms with E-state index in [1.54, 1.807) is 44.4 Å². The average molecular weight is 532 g/mol. The number of carbonyl (C=O) groups excluding carboxylic acids is 2. The highest BCUT2D eigenvalue weighted by Gasteiger charge is 2.24. The van der Waals surface area contributed by atoms with E-state index in [4.69, 9.17) is 14.2 Å². The van der Waals surface area contributed by atoms with Gasteiger partial charge in [0.15, 0.2) is 11.4 Å². The topological polar surface area (TPSA) is 91.2 Å². The number of nitrogens with zero attached hydrogens (tertiary/aromatic N) is 2. The van der Waals surface area contributed by atoms with E-state index in [1.165, 1.54) is 6.07 Å². The summed E-state index contributed by atoms with van der Waals surface area (Å²) < 4.78 is 46.5. The van der Waals surface area contributed by atoms with Crippen molar-refractivity contribution in [2.45, 2.75) is 66.7 Å². The normalized spacial score (nSPS) is 12.6. The van der Waals surface area contributed by atoms with E-state index >= 15 is 0 Å².